The van der Waals surface area contributed by atoms with Crippen LogP contribution in [-0.2, 0) is 13.1 Å². The Hall–Kier alpha value is -1.32. The largest absolute Gasteiger partial charge is 0.346 e. The SMILES string of the molecule is CC(C)CNCc1cn(CCN(C)C)c2ccccc12. The zero-order chi connectivity index (χ0) is 14.5. The summed E-state index contributed by atoms with van der Waals surface area (Å²) in [4.78, 5) is 2.23. The summed E-state index contributed by atoms with van der Waals surface area (Å²) in [6.45, 7) is 8.61. The molecule has 3 nitrogen and oxygen atoms in total. The summed E-state index contributed by atoms with van der Waals surface area (Å²) in [6.07, 6.45) is 2.31. The molecule has 3 heteroatoms. The molecular formula is C17H27N3. The predicted octanol–water partition coefficient (Wildman–Crippen LogP) is 2.95. The Bertz CT molecular complexity index is 540. The quantitative estimate of drug-likeness (QED) is 0.837. The Morgan fingerprint density at radius 1 is 1.20 bits per heavy atom. The average molecular weight is 273 g/mol. The third-order valence-electron chi connectivity index (χ3n) is 3.53. The van der Waals surface area contributed by atoms with Crippen molar-refractivity contribution >= 4 is 10.9 Å². The number of hydrogen-bond donors (Lipinski definition) is 1. The molecule has 2 rings (SSSR count). The fourth-order valence-corrected chi connectivity index (χ4v) is 2.45. The maximum Gasteiger partial charge on any atom is 0.0484 e. The van der Waals surface area contributed by atoms with Crippen molar-refractivity contribution in [3.63, 3.8) is 0 Å². The summed E-state index contributed by atoms with van der Waals surface area (Å²) < 4.78 is 2.38. The molecule has 0 unspecified atom stereocenters. The van der Waals surface area contributed by atoms with Crippen LogP contribution in [0.5, 0.6) is 0 Å². The van der Waals surface area contributed by atoms with E-state index in [1.807, 2.05) is 0 Å². The molecule has 1 aromatic heterocycles. The molecule has 0 saturated carbocycles. The van der Waals surface area contributed by atoms with Gasteiger partial charge >= 0.3 is 0 Å². The number of rotatable bonds is 7. The standard InChI is InChI=1S/C17H27N3/c1-14(2)11-18-12-15-13-20(10-9-19(3)4)17-8-6-5-7-16(15)17/h5-8,13-14,18H,9-12H2,1-4H3. The van der Waals surface area contributed by atoms with Gasteiger partial charge in [0.05, 0.1) is 0 Å². The van der Waals surface area contributed by atoms with E-state index in [2.05, 4.69) is 73.2 Å². The van der Waals surface area contributed by atoms with Crippen molar-refractivity contribution in [3.8, 4) is 0 Å². The molecule has 0 aliphatic rings. The summed E-state index contributed by atoms with van der Waals surface area (Å²) in [5, 5.41) is 4.93. The number of fused-ring (bicyclic) bond motifs is 1. The van der Waals surface area contributed by atoms with Crippen molar-refractivity contribution in [3.05, 3.63) is 36.0 Å². The molecule has 0 spiro atoms. The van der Waals surface area contributed by atoms with Crippen LogP contribution in [0.25, 0.3) is 10.9 Å². The minimum Gasteiger partial charge on any atom is -0.346 e. The van der Waals surface area contributed by atoms with Crippen LogP contribution in [0.2, 0.25) is 0 Å². The first-order chi connectivity index (χ1) is 9.58. The lowest BCUT2D eigenvalue weighted by Crippen LogP contribution is -2.19. The first kappa shape index (κ1) is 15.1. The van der Waals surface area contributed by atoms with E-state index in [-0.39, 0.29) is 0 Å². The number of benzene rings is 1. The molecule has 1 N–H and O–H groups in total. The van der Waals surface area contributed by atoms with E-state index >= 15 is 0 Å². The number of likely N-dealkylation sites (N-methyl/N-ethyl adjacent to an activating group) is 1. The normalized spacial score (nSPS) is 11.9. The third kappa shape index (κ3) is 3.84. The highest BCUT2D eigenvalue weighted by molar-refractivity contribution is 5.83. The van der Waals surface area contributed by atoms with Crippen molar-refractivity contribution in [2.24, 2.45) is 5.92 Å². The van der Waals surface area contributed by atoms with E-state index in [1.54, 1.807) is 0 Å². The van der Waals surface area contributed by atoms with Gasteiger partial charge < -0.3 is 14.8 Å². The smallest absolute Gasteiger partial charge is 0.0484 e. The fraction of sp³-hybridized carbons (Fsp3) is 0.529. The van der Waals surface area contributed by atoms with Gasteiger partial charge in [-0.05, 0) is 38.2 Å². The summed E-state index contributed by atoms with van der Waals surface area (Å²) in [5.74, 6) is 0.692. The van der Waals surface area contributed by atoms with Gasteiger partial charge in [-0.2, -0.15) is 0 Å². The molecule has 20 heavy (non-hydrogen) atoms. The van der Waals surface area contributed by atoms with Gasteiger partial charge in [-0.25, -0.2) is 0 Å². The van der Waals surface area contributed by atoms with Crippen LogP contribution >= 0.6 is 0 Å². The van der Waals surface area contributed by atoms with E-state index in [1.165, 1.54) is 16.5 Å². The second-order valence-corrected chi connectivity index (χ2v) is 6.19. The van der Waals surface area contributed by atoms with Gasteiger partial charge in [-0.3, -0.25) is 0 Å². The van der Waals surface area contributed by atoms with E-state index in [0.29, 0.717) is 5.92 Å². The molecular weight excluding hydrogens is 246 g/mol. The molecule has 0 aliphatic carbocycles. The first-order valence-electron chi connectivity index (χ1n) is 7.50. The van der Waals surface area contributed by atoms with Gasteiger partial charge in [-0.15, -0.1) is 0 Å². The Balaban J connectivity index is 2.17. The van der Waals surface area contributed by atoms with E-state index < -0.39 is 0 Å². The molecule has 0 radical (unpaired) electrons. The minimum absolute atomic E-state index is 0.692. The summed E-state index contributed by atoms with van der Waals surface area (Å²) in [7, 11) is 4.24. The van der Waals surface area contributed by atoms with Crippen molar-refractivity contribution in [2.45, 2.75) is 26.9 Å². The molecule has 0 amide bonds. The van der Waals surface area contributed by atoms with Gasteiger partial charge in [-0.1, -0.05) is 32.0 Å². The van der Waals surface area contributed by atoms with Gasteiger partial charge in [0.15, 0.2) is 0 Å². The maximum atomic E-state index is 3.55. The fourth-order valence-electron chi connectivity index (χ4n) is 2.45. The second-order valence-electron chi connectivity index (χ2n) is 6.19. The number of nitrogens with zero attached hydrogens (tertiary/aromatic N) is 2. The monoisotopic (exact) mass is 273 g/mol. The Morgan fingerprint density at radius 3 is 2.65 bits per heavy atom. The predicted molar refractivity (Wildman–Crippen MR) is 87.0 cm³/mol. The maximum absolute atomic E-state index is 3.55. The highest BCUT2D eigenvalue weighted by Gasteiger charge is 2.08. The van der Waals surface area contributed by atoms with Gasteiger partial charge in [0, 0.05) is 36.7 Å². The highest BCUT2D eigenvalue weighted by atomic mass is 15.1. The van der Waals surface area contributed by atoms with Crippen LogP contribution in [0.1, 0.15) is 19.4 Å². The molecule has 0 atom stereocenters. The molecule has 0 bridgehead atoms. The zero-order valence-electron chi connectivity index (χ0n) is 13.2. The summed E-state index contributed by atoms with van der Waals surface area (Å²) >= 11 is 0. The molecule has 0 aliphatic heterocycles. The molecule has 0 saturated heterocycles. The lowest BCUT2D eigenvalue weighted by Gasteiger charge is -2.11. The van der Waals surface area contributed by atoms with Crippen LogP contribution in [-0.4, -0.2) is 36.7 Å². The van der Waals surface area contributed by atoms with Crippen molar-refractivity contribution < 1.29 is 0 Å². The second kappa shape index (κ2) is 6.91. The van der Waals surface area contributed by atoms with Gasteiger partial charge in [0.25, 0.3) is 0 Å². The summed E-state index contributed by atoms with van der Waals surface area (Å²) in [5.41, 5.74) is 2.75. The van der Waals surface area contributed by atoms with Crippen molar-refractivity contribution in [2.75, 3.05) is 27.2 Å². The highest BCUT2D eigenvalue weighted by Crippen LogP contribution is 2.21. The molecule has 0 fully saturated rings. The van der Waals surface area contributed by atoms with Gasteiger partial charge in [0.1, 0.15) is 0 Å². The summed E-state index contributed by atoms with van der Waals surface area (Å²) in [6, 6.07) is 8.70. The number of hydrogen-bond acceptors (Lipinski definition) is 2. The number of aromatic nitrogens is 1. The van der Waals surface area contributed by atoms with Crippen LogP contribution in [0.4, 0.5) is 0 Å². The lowest BCUT2D eigenvalue weighted by atomic mass is 10.1. The molecule has 110 valence electrons. The Kier molecular flexibility index (Phi) is 5.21. The van der Waals surface area contributed by atoms with E-state index in [9.17, 15) is 0 Å². The zero-order valence-corrected chi connectivity index (χ0v) is 13.2. The minimum atomic E-state index is 0.692. The first-order valence-corrected chi connectivity index (χ1v) is 7.50. The Labute approximate surface area is 122 Å². The third-order valence-corrected chi connectivity index (χ3v) is 3.53. The Morgan fingerprint density at radius 2 is 1.95 bits per heavy atom. The number of para-hydroxylation sites is 1. The van der Waals surface area contributed by atoms with Crippen LogP contribution in [0, 0.1) is 5.92 Å². The average Bonchev–Trinajstić information content (AvgIpc) is 2.75. The van der Waals surface area contributed by atoms with Crippen molar-refractivity contribution in [1.82, 2.24) is 14.8 Å². The topological polar surface area (TPSA) is 20.2 Å². The molecule has 1 heterocycles. The van der Waals surface area contributed by atoms with E-state index in [0.717, 1.165) is 26.2 Å². The van der Waals surface area contributed by atoms with E-state index in [4.69, 9.17) is 0 Å². The van der Waals surface area contributed by atoms with Crippen molar-refractivity contribution in [1.29, 1.82) is 0 Å². The molecule has 1 aromatic carbocycles. The lowest BCUT2D eigenvalue weighted by molar-refractivity contribution is 0.386. The van der Waals surface area contributed by atoms with Gasteiger partial charge in [0.2, 0.25) is 0 Å². The van der Waals surface area contributed by atoms with Crippen LogP contribution in [0.3, 0.4) is 0 Å². The molecule has 2 aromatic rings. The van der Waals surface area contributed by atoms with Crippen LogP contribution < -0.4 is 5.32 Å². The number of nitrogens with one attached hydrogen (secondary N) is 1. The van der Waals surface area contributed by atoms with Crippen LogP contribution in [0.15, 0.2) is 30.5 Å².